The van der Waals surface area contributed by atoms with Gasteiger partial charge in [-0.05, 0) is 50.7 Å². The van der Waals surface area contributed by atoms with Crippen molar-refractivity contribution in [3.63, 3.8) is 0 Å². The maximum absolute atomic E-state index is 5.07. The lowest BCUT2D eigenvalue weighted by Gasteiger charge is -2.04. The minimum Gasteiger partial charge on any atom is -0.385 e. The first kappa shape index (κ1) is 12.7. The van der Waals surface area contributed by atoms with Gasteiger partial charge in [0, 0.05) is 23.5 Å². The highest BCUT2D eigenvalue weighted by atomic mass is 32.1. The molecule has 1 heterocycles. The van der Waals surface area contributed by atoms with Crippen LogP contribution in [0.15, 0.2) is 0 Å². The summed E-state index contributed by atoms with van der Waals surface area (Å²) >= 11 is 1.95. The second-order valence-corrected chi connectivity index (χ2v) is 5.40. The van der Waals surface area contributed by atoms with Crippen LogP contribution in [0.5, 0.6) is 0 Å². The van der Waals surface area contributed by atoms with Gasteiger partial charge in [-0.2, -0.15) is 0 Å². The normalized spacial score (nSPS) is 10.9. The molecule has 0 atom stereocenters. The molecular weight excluding hydrogens is 204 g/mol. The van der Waals surface area contributed by atoms with E-state index in [1.807, 2.05) is 11.3 Å². The van der Waals surface area contributed by atoms with Gasteiger partial charge in [-0.1, -0.05) is 6.92 Å². The molecular formula is C13H22OS. The van der Waals surface area contributed by atoms with E-state index in [2.05, 4.69) is 20.8 Å². The summed E-state index contributed by atoms with van der Waals surface area (Å²) in [5, 5.41) is 0. The molecule has 0 aliphatic rings. The van der Waals surface area contributed by atoms with Crippen LogP contribution in [-0.4, -0.2) is 13.7 Å². The van der Waals surface area contributed by atoms with E-state index in [9.17, 15) is 0 Å². The summed E-state index contributed by atoms with van der Waals surface area (Å²) in [7, 11) is 1.78. The fourth-order valence-electron chi connectivity index (χ4n) is 2.12. The van der Waals surface area contributed by atoms with Gasteiger partial charge in [-0.25, -0.2) is 0 Å². The Balaban J connectivity index is 2.59. The van der Waals surface area contributed by atoms with Crippen molar-refractivity contribution in [3.05, 3.63) is 20.9 Å². The highest BCUT2D eigenvalue weighted by Gasteiger charge is 2.10. The van der Waals surface area contributed by atoms with E-state index in [0.29, 0.717) is 0 Å². The molecule has 0 aliphatic heterocycles. The van der Waals surface area contributed by atoms with Crippen molar-refractivity contribution < 1.29 is 4.74 Å². The molecule has 1 rings (SSSR count). The third-order valence-electron chi connectivity index (χ3n) is 2.90. The van der Waals surface area contributed by atoms with Crippen LogP contribution in [0.1, 0.15) is 40.6 Å². The van der Waals surface area contributed by atoms with Crippen LogP contribution in [0.25, 0.3) is 0 Å². The average Bonchev–Trinajstić information content (AvgIpc) is 2.48. The first-order valence-corrected chi connectivity index (χ1v) is 6.59. The van der Waals surface area contributed by atoms with Crippen molar-refractivity contribution in [2.45, 2.75) is 46.5 Å². The van der Waals surface area contributed by atoms with Crippen molar-refractivity contribution in [2.75, 3.05) is 13.7 Å². The summed E-state index contributed by atoms with van der Waals surface area (Å²) in [6.07, 6.45) is 4.82. The van der Waals surface area contributed by atoms with Crippen LogP contribution in [0.4, 0.5) is 0 Å². The maximum Gasteiger partial charge on any atom is 0.0462 e. The van der Waals surface area contributed by atoms with Crippen molar-refractivity contribution in [2.24, 2.45) is 0 Å². The molecule has 0 radical (unpaired) electrons. The van der Waals surface area contributed by atoms with Gasteiger partial charge < -0.3 is 4.74 Å². The van der Waals surface area contributed by atoms with E-state index in [1.54, 1.807) is 18.2 Å². The number of thiophene rings is 1. The number of hydrogen-bond donors (Lipinski definition) is 0. The third kappa shape index (κ3) is 3.32. The number of hydrogen-bond acceptors (Lipinski definition) is 2. The molecule has 1 aromatic rings. The highest BCUT2D eigenvalue weighted by molar-refractivity contribution is 7.12. The van der Waals surface area contributed by atoms with E-state index < -0.39 is 0 Å². The minimum atomic E-state index is 0.892. The van der Waals surface area contributed by atoms with Gasteiger partial charge in [0.25, 0.3) is 0 Å². The van der Waals surface area contributed by atoms with Crippen molar-refractivity contribution in [1.82, 2.24) is 0 Å². The topological polar surface area (TPSA) is 9.23 Å². The molecule has 1 aromatic heterocycles. The summed E-state index contributed by atoms with van der Waals surface area (Å²) in [5.74, 6) is 0. The van der Waals surface area contributed by atoms with Crippen LogP contribution in [0, 0.1) is 13.8 Å². The largest absolute Gasteiger partial charge is 0.385 e. The third-order valence-corrected chi connectivity index (χ3v) is 4.00. The fourth-order valence-corrected chi connectivity index (χ4v) is 3.31. The Morgan fingerprint density at radius 3 is 2.33 bits per heavy atom. The smallest absolute Gasteiger partial charge is 0.0462 e. The maximum atomic E-state index is 5.07. The number of unbranched alkanes of at least 4 members (excludes halogenated alkanes) is 1. The minimum absolute atomic E-state index is 0.892. The predicted octanol–water partition coefficient (Wildman–Crippen LogP) is 3.90. The molecule has 0 bridgehead atoms. The van der Waals surface area contributed by atoms with Gasteiger partial charge in [0.1, 0.15) is 0 Å². The molecule has 1 nitrogen and oxygen atoms in total. The zero-order valence-electron chi connectivity index (χ0n) is 10.4. The second-order valence-electron chi connectivity index (χ2n) is 3.98. The van der Waals surface area contributed by atoms with Gasteiger partial charge in [0.15, 0.2) is 0 Å². The average molecular weight is 226 g/mol. The van der Waals surface area contributed by atoms with Gasteiger partial charge in [0.05, 0.1) is 0 Å². The molecule has 0 N–H and O–H groups in total. The lowest BCUT2D eigenvalue weighted by Crippen LogP contribution is -1.95. The molecule has 0 unspecified atom stereocenters. The van der Waals surface area contributed by atoms with Crippen LogP contribution < -0.4 is 0 Å². The van der Waals surface area contributed by atoms with Crippen LogP contribution in [0.3, 0.4) is 0 Å². The van der Waals surface area contributed by atoms with Crippen molar-refractivity contribution >= 4 is 11.3 Å². The zero-order chi connectivity index (χ0) is 11.3. The SMILES string of the molecule is CCc1c(C)sc(C)c1CCCCOC. The highest BCUT2D eigenvalue weighted by Crippen LogP contribution is 2.29. The molecule has 0 amide bonds. The molecule has 2 heteroatoms. The fraction of sp³-hybridized carbons (Fsp3) is 0.692. The quantitative estimate of drug-likeness (QED) is 0.669. The lowest BCUT2D eigenvalue weighted by molar-refractivity contribution is 0.193. The summed E-state index contributed by atoms with van der Waals surface area (Å²) in [6.45, 7) is 7.65. The van der Waals surface area contributed by atoms with Crippen molar-refractivity contribution in [1.29, 1.82) is 0 Å². The number of rotatable bonds is 6. The monoisotopic (exact) mass is 226 g/mol. The molecule has 15 heavy (non-hydrogen) atoms. The van der Waals surface area contributed by atoms with E-state index >= 15 is 0 Å². The molecule has 86 valence electrons. The molecule has 0 saturated heterocycles. The van der Waals surface area contributed by atoms with Gasteiger partial charge >= 0.3 is 0 Å². The number of methoxy groups -OCH3 is 1. The van der Waals surface area contributed by atoms with Gasteiger partial charge in [0.2, 0.25) is 0 Å². The molecule has 0 saturated carbocycles. The van der Waals surface area contributed by atoms with Crippen LogP contribution in [-0.2, 0) is 17.6 Å². The first-order valence-electron chi connectivity index (χ1n) is 5.77. The summed E-state index contributed by atoms with van der Waals surface area (Å²) in [6, 6.07) is 0. The van der Waals surface area contributed by atoms with Crippen LogP contribution >= 0.6 is 11.3 Å². The van der Waals surface area contributed by atoms with E-state index in [1.165, 1.54) is 35.4 Å². The molecule has 0 aromatic carbocycles. The van der Waals surface area contributed by atoms with E-state index in [-0.39, 0.29) is 0 Å². The number of ether oxygens (including phenoxy) is 1. The Morgan fingerprint density at radius 1 is 1.07 bits per heavy atom. The predicted molar refractivity (Wildman–Crippen MR) is 68.0 cm³/mol. The molecule has 0 aliphatic carbocycles. The Kier molecular flexibility index (Phi) is 5.34. The summed E-state index contributed by atoms with van der Waals surface area (Å²) in [4.78, 5) is 3.03. The second kappa shape index (κ2) is 6.29. The first-order chi connectivity index (χ1) is 7.20. The zero-order valence-corrected chi connectivity index (χ0v) is 11.2. The standard InChI is InChI=1S/C13H22OS/c1-5-12-10(2)15-11(3)13(12)8-6-7-9-14-4/h5-9H2,1-4H3. The molecule has 0 fully saturated rings. The lowest BCUT2D eigenvalue weighted by atomic mass is 10.0. The number of aryl methyl sites for hydroxylation is 2. The Hall–Kier alpha value is -0.340. The van der Waals surface area contributed by atoms with Crippen molar-refractivity contribution in [3.8, 4) is 0 Å². The van der Waals surface area contributed by atoms with Gasteiger partial charge in [-0.3, -0.25) is 0 Å². The van der Waals surface area contributed by atoms with E-state index in [4.69, 9.17) is 4.74 Å². The Morgan fingerprint density at radius 2 is 1.73 bits per heavy atom. The Bertz CT molecular complexity index is 302. The summed E-state index contributed by atoms with van der Waals surface area (Å²) in [5.41, 5.74) is 3.20. The summed E-state index contributed by atoms with van der Waals surface area (Å²) < 4.78 is 5.07. The van der Waals surface area contributed by atoms with Crippen LogP contribution in [0.2, 0.25) is 0 Å². The van der Waals surface area contributed by atoms with E-state index in [0.717, 1.165) is 6.61 Å². The molecule has 0 spiro atoms. The van der Waals surface area contributed by atoms with Gasteiger partial charge in [-0.15, -0.1) is 11.3 Å². The Labute approximate surface area is 97.5 Å².